The zero-order valence-electron chi connectivity index (χ0n) is 12.4. The van der Waals surface area contributed by atoms with E-state index in [9.17, 15) is 0 Å². The molecule has 112 valence electrons. The van der Waals surface area contributed by atoms with Gasteiger partial charge in [0.1, 0.15) is 0 Å². The van der Waals surface area contributed by atoms with Crippen molar-refractivity contribution in [1.82, 2.24) is 0 Å². The smallest absolute Gasteiger partial charge is 0.0781 e. The van der Waals surface area contributed by atoms with Gasteiger partial charge >= 0.3 is 0 Å². The van der Waals surface area contributed by atoms with Gasteiger partial charge in [-0.3, -0.25) is 0 Å². The first kappa shape index (κ1) is 20.1. The van der Waals surface area contributed by atoms with Gasteiger partial charge in [-0.1, -0.05) is 6.92 Å². The van der Waals surface area contributed by atoms with Crippen LogP contribution in [0.15, 0.2) is 0 Å². The van der Waals surface area contributed by atoms with Crippen molar-refractivity contribution in [2.45, 2.75) is 52.4 Å². The highest BCUT2D eigenvalue weighted by Gasteiger charge is 2.06. The van der Waals surface area contributed by atoms with E-state index in [0.717, 1.165) is 13.0 Å². The Bertz CT molecular complexity index is 150. The molecular formula is C13H30O5. The van der Waals surface area contributed by atoms with Gasteiger partial charge in [0.15, 0.2) is 0 Å². The third-order valence-electron chi connectivity index (χ3n) is 1.90. The highest BCUT2D eigenvalue weighted by Crippen LogP contribution is 1.97. The van der Waals surface area contributed by atoms with Gasteiger partial charge in [0.2, 0.25) is 0 Å². The minimum atomic E-state index is -0.447. The summed E-state index contributed by atoms with van der Waals surface area (Å²) in [7, 11) is 1.71. The number of ether oxygens (including phenoxy) is 3. The highest BCUT2D eigenvalue weighted by molar-refractivity contribution is 4.52. The van der Waals surface area contributed by atoms with E-state index in [-0.39, 0.29) is 18.8 Å². The van der Waals surface area contributed by atoms with Crippen LogP contribution in [0.4, 0.5) is 0 Å². The predicted octanol–water partition coefficient (Wildman–Crippen LogP) is 1.21. The molecule has 0 spiro atoms. The van der Waals surface area contributed by atoms with E-state index in [2.05, 4.69) is 6.92 Å². The van der Waals surface area contributed by atoms with Crippen molar-refractivity contribution >= 4 is 0 Å². The van der Waals surface area contributed by atoms with Crippen LogP contribution in [0, 0.1) is 0 Å². The second-order valence-electron chi connectivity index (χ2n) is 4.31. The van der Waals surface area contributed by atoms with E-state index in [1.807, 2.05) is 6.92 Å². The summed E-state index contributed by atoms with van der Waals surface area (Å²) in [5.74, 6) is 0. The number of methoxy groups -OCH3 is 1. The van der Waals surface area contributed by atoms with Crippen LogP contribution in [0.1, 0.15) is 34.1 Å². The number of aliphatic hydroxyl groups excluding tert-OH is 2. The Morgan fingerprint density at radius 1 is 1.00 bits per heavy atom. The average Bonchev–Trinajstić information content (AvgIpc) is 2.35. The molecule has 18 heavy (non-hydrogen) atoms. The van der Waals surface area contributed by atoms with Gasteiger partial charge in [-0.2, -0.15) is 0 Å². The molecule has 5 heteroatoms. The van der Waals surface area contributed by atoms with Gasteiger partial charge in [0.25, 0.3) is 0 Å². The van der Waals surface area contributed by atoms with Crippen LogP contribution in [0.2, 0.25) is 0 Å². The molecule has 0 bridgehead atoms. The van der Waals surface area contributed by atoms with Gasteiger partial charge < -0.3 is 24.4 Å². The molecule has 0 aromatic carbocycles. The fourth-order valence-corrected chi connectivity index (χ4v) is 0.908. The maximum atomic E-state index is 8.92. The van der Waals surface area contributed by atoms with E-state index in [1.165, 1.54) is 0 Å². The second kappa shape index (κ2) is 14.9. The van der Waals surface area contributed by atoms with Crippen molar-refractivity contribution in [3.8, 4) is 0 Å². The van der Waals surface area contributed by atoms with E-state index in [4.69, 9.17) is 24.4 Å². The lowest BCUT2D eigenvalue weighted by atomic mass is 10.4. The molecule has 0 aliphatic heterocycles. The Kier molecular flexibility index (Phi) is 16.6. The third kappa shape index (κ3) is 18.2. The number of rotatable bonds is 9. The maximum Gasteiger partial charge on any atom is 0.0781 e. The Labute approximate surface area is 111 Å². The summed E-state index contributed by atoms with van der Waals surface area (Å²) in [6, 6.07) is 0. The highest BCUT2D eigenvalue weighted by atomic mass is 16.5. The van der Waals surface area contributed by atoms with Crippen LogP contribution in [0.3, 0.4) is 0 Å². The summed E-state index contributed by atoms with van der Waals surface area (Å²) in [6.07, 6.45) is 0.468. The minimum Gasteiger partial charge on any atom is -0.394 e. The first-order valence-corrected chi connectivity index (χ1v) is 6.48. The van der Waals surface area contributed by atoms with Crippen molar-refractivity contribution < 1.29 is 24.4 Å². The van der Waals surface area contributed by atoms with Crippen LogP contribution >= 0.6 is 0 Å². The first-order valence-electron chi connectivity index (χ1n) is 6.48. The zero-order valence-corrected chi connectivity index (χ0v) is 12.4. The fraction of sp³-hybridized carbons (Fsp3) is 1.00. The standard InChI is InChI=1S/C9H20O4.C4H10O/c1-7(11)5-12-9(3)6-13-8(2)4-10;1-3-4-5-2/h7-11H,4-6H2,1-3H3;3-4H2,1-2H3. The lowest BCUT2D eigenvalue weighted by Gasteiger charge is -2.16. The summed E-state index contributed by atoms with van der Waals surface area (Å²) in [6.45, 7) is 9.08. The Morgan fingerprint density at radius 3 is 1.89 bits per heavy atom. The van der Waals surface area contributed by atoms with E-state index >= 15 is 0 Å². The lowest BCUT2D eigenvalue weighted by molar-refractivity contribution is -0.0620. The van der Waals surface area contributed by atoms with Crippen LogP contribution in [-0.2, 0) is 14.2 Å². The van der Waals surface area contributed by atoms with Gasteiger partial charge in [-0.05, 0) is 27.2 Å². The molecule has 0 saturated heterocycles. The summed E-state index contributed by atoms with van der Waals surface area (Å²) in [5, 5.41) is 17.6. The zero-order chi connectivity index (χ0) is 14.4. The van der Waals surface area contributed by atoms with Gasteiger partial charge in [-0.15, -0.1) is 0 Å². The van der Waals surface area contributed by atoms with Crippen molar-refractivity contribution in [3.63, 3.8) is 0 Å². The quantitative estimate of drug-likeness (QED) is 0.656. The first-order chi connectivity index (χ1) is 8.47. The minimum absolute atomic E-state index is 0.0170. The van der Waals surface area contributed by atoms with Crippen molar-refractivity contribution in [2.24, 2.45) is 0 Å². The summed E-state index contributed by atoms with van der Waals surface area (Å²) < 4.78 is 15.2. The van der Waals surface area contributed by atoms with Crippen LogP contribution < -0.4 is 0 Å². The maximum absolute atomic E-state index is 8.92. The third-order valence-corrected chi connectivity index (χ3v) is 1.90. The van der Waals surface area contributed by atoms with Gasteiger partial charge in [0, 0.05) is 13.7 Å². The molecule has 0 aromatic heterocycles. The molecule has 5 nitrogen and oxygen atoms in total. The molecule has 0 rings (SSSR count). The van der Waals surface area contributed by atoms with Crippen molar-refractivity contribution in [2.75, 3.05) is 33.5 Å². The normalized spacial score (nSPS) is 15.5. The Hall–Kier alpha value is -0.200. The lowest BCUT2D eigenvalue weighted by Crippen LogP contribution is -2.24. The summed E-state index contributed by atoms with van der Waals surface area (Å²) >= 11 is 0. The molecular weight excluding hydrogens is 236 g/mol. The molecule has 0 heterocycles. The molecule has 0 aliphatic carbocycles. The summed E-state index contributed by atoms with van der Waals surface area (Å²) in [5.41, 5.74) is 0. The van der Waals surface area contributed by atoms with Crippen molar-refractivity contribution in [1.29, 1.82) is 0 Å². The largest absolute Gasteiger partial charge is 0.394 e. The van der Waals surface area contributed by atoms with Gasteiger partial charge in [0.05, 0.1) is 38.1 Å². The van der Waals surface area contributed by atoms with E-state index in [0.29, 0.717) is 13.2 Å². The topological polar surface area (TPSA) is 68.2 Å². The summed E-state index contributed by atoms with van der Waals surface area (Å²) in [4.78, 5) is 0. The average molecular weight is 266 g/mol. The Morgan fingerprint density at radius 2 is 1.56 bits per heavy atom. The van der Waals surface area contributed by atoms with Crippen molar-refractivity contribution in [3.05, 3.63) is 0 Å². The number of hydrogen-bond donors (Lipinski definition) is 2. The van der Waals surface area contributed by atoms with E-state index in [1.54, 1.807) is 21.0 Å². The van der Waals surface area contributed by atoms with Crippen LogP contribution in [-0.4, -0.2) is 62.1 Å². The fourth-order valence-electron chi connectivity index (χ4n) is 0.908. The van der Waals surface area contributed by atoms with E-state index < -0.39 is 6.10 Å². The van der Waals surface area contributed by atoms with Crippen LogP contribution in [0.5, 0.6) is 0 Å². The molecule has 2 N–H and O–H groups in total. The second-order valence-corrected chi connectivity index (χ2v) is 4.31. The molecule has 3 unspecified atom stereocenters. The van der Waals surface area contributed by atoms with Crippen LogP contribution in [0.25, 0.3) is 0 Å². The van der Waals surface area contributed by atoms with Gasteiger partial charge in [-0.25, -0.2) is 0 Å². The molecule has 3 atom stereocenters. The molecule has 0 saturated carbocycles. The molecule has 0 aromatic rings. The number of hydrogen-bond acceptors (Lipinski definition) is 5. The molecule has 0 radical (unpaired) electrons. The Balaban J connectivity index is 0. The monoisotopic (exact) mass is 266 g/mol. The predicted molar refractivity (Wildman–Crippen MR) is 71.8 cm³/mol. The molecule has 0 amide bonds. The molecule has 0 aliphatic rings. The molecule has 0 fully saturated rings. The SMILES string of the molecule is CC(O)COC(C)COC(C)CO.CCCOC. The number of aliphatic hydroxyl groups is 2.